The van der Waals surface area contributed by atoms with Crippen LogP contribution in [-0.2, 0) is 4.79 Å². The van der Waals surface area contributed by atoms with E-state index in [-0.39, 0.29) is 13.2 Å². The van der Waals surface area contributed by atoms with Crippen molar-refractivity contribution >= 4 is 5.91 Å². The lowest BCUT2D eigenvalue weighted by Gasteiger charge is -2.16. The maximum atomic E-state index is 12.0. The average Bonchev–Trinajstić information content (AvgIpc) is 2.27. The van der Waals surface area contributed by atoms with E-state index in [1.165, 1.54) is 7.05 Å². The molecule has 0 aliphatic carbocycles. The van der Waals surface area contributed by atoms with Crippen molar-refractivity contribution in [2.45, 2.75) is 13.3 Å². The number of carbonyl (C=O) groups excluding carboxylic acids is 1. The highest BCUT2D eigenvalue weighted by Crippen LogP contribution is 2.12. The Hall–Kier alpha value is -1.65. The van der Waals surface area contributed by atoms with E-state index in [4.69, 9.17) is 4.74 Å². The van der Waals surface area contributed by atoms with Crippen LogP contribution < -0.4 is 4.74 Å². The van der Waals surface area contributed by atoms with Gasteiger partial charge in [0.05, 0.1) is 6.54 Å². The summed E-state index contributed by atoms with van der Waals surface area (Å²) in [6.45, 7) is 2.26. The number of nitrogens with zero attached hydrogens (tertiary/aromatic N) is 1. The van der Waals surface area contributed by atoms with Crippen LogP contribution in [0.25, 0.3) is 0 Å². The third-order valence-corrected chi connectivity index (χ3v) is 2.25. The van der Waals surface area contributed by atoms with Gasteiger partial charge in [0.2, 0.25) is 0 Å². The van der Waals surface area contributed by atoms with Gasteiger partial charge in [-0.3, -0.25) is 4.79 Å². The fourth-order valence-corrected chi connectivity index (χ4v) is 1.28. The molecule has 1 rings (SSSR count). The lowest BCUT2D eigenvalue weighted by atomic mass is 10.2. The van der Waals surface area contributed by atoms with Crippen LogP contribution in [0.5, 0.6) is 5.75 Å². The maximum Gasteiger partial charge on any atom is 0.315 e. The average molecular weight is 243 g/mol. The lowest BCUT2D eigenvalue weighted by molar-refractivity contribution is -0.141. The molecule has 0 saturated heterocycles. The van der Waals surface area contributed by atoms with E-state index < -0.39 is 12.3 Å². The summed E-state index contributed by atoms with van der Waals surface area (Å²) in [6.07, 6.45) is -2.96. The molecule has 0 unspecified atom stereocenters. The Morgan fingerprint density at radius 2 is 2.18 bits per heavy atom. The molecule has 0 aromatic heterocycles. The molecule has 0 radical (unpaired) electrons. The molecule has 0 aliphatic rings. The van der Waals surface area contributed by atoms with Crippen molar-refractivity contribution in [1.82, 2.24) is 4.90 Å². The van der Waals surface area contributed by atoms with E-state index in [0.29, 0.717) is 5.75 Å². The molecule has 1 aromatic carbocycles. The fraction of sp³-hybridized carbons (Fsp3) is 0.417. The van der Waals surface area contributed by atoms with Gasteiger partial charge in [-0.05, 0) is 24.6 Å². The van der Waals surface area contributed by atoms with E-state index in [1.54, 1.807) is 6.07 Å². The van der Waals surface area contributed by atoms with E-state index in [9.17, 15) is 13.6 Å². The minimum Gasteiger partial charge on any atom is -0.492 e. The zero-order valence-corrected chi connectivity index (χ0v) is 9.82. The molecule has 0 spiro atoms. The van der Waals surface area contributed by atoms with Gasteiger partial charge in [0.1, 0.15) is 12.4 Å². The van der Waals surface area contributed by atoms with Crippen molar-refractivity contribution in [1.29, 1.82) is 0 Å². The Morgan fingerprint density at radius 3 is 2.76 bits per heavy atom. The highest BCUT2D eigenvalue weighted by Gasteiger charge is 2.19. The van der Waals surface area contributed by atoms with Crippen LogP contribution in [0.2, 0.25) is 0 Å². The van der Waals surface area contributed by atoms with Gasteiger partial charge >= 0.3 is 6.43 Å². The number of hydrogen-bond acceptors (Lipinski definition) is 2. The Labute approximate surface area is 99.0 Å². The highest BCUT2D eigenvalue weighted by atomic mass is 19.3. The fourth-order valence-electron chi connectivity index (χ4n) is 1.28. The largest absolute Gasteiger partial charge is 0.492 e. The standard InChI is InChI=1S/C12H15F2NO2/c1-9-4-3-5-10(8-9)17-7-6-15(2)12(16)11(13)14/h3-5,8,11H,6-7H2,1-2H3. The molecule has 0 saturated carbocycles. The molecular formula is C12H15F2NO2. The number of ether oxygens (including phenoxy) is 1. The summed E-state index contributed by atoms with van der Waals surface area (Å²) in [4.78, 5) is 11.8. The first-order valence-electron chi connectivity index (χ1n) is 5.23. The van der Waals surface area contributed by atoms with Gasteiger partial charge in [-0.25, -0.2) is 0 Å². The van der Waals surface area contributed by atoms with Crippen LogP contribution in [0.15, 0.2) is 24.3 Å². The van der Waals surface area contributed by atoms with Crippen LogP contribution in [-0.4, -0.2) is 37.4 Å². The lowest BCUT2D eigenvalue weighted by Crippen LogP contribution is -2.35. The summed E-state index contributed by atoms with van der Waals surface area (Å²) in [5.41, 5.74) is 1.06. The van der Waals surface area contributed by atoms with Crippen LogP contribution >= 0.6 is 0 Å². The van der Waals surface area contributed by atoms with Crippen LogP contribution in [0.1, 0.15) is 5.56 Å². The van der Waals surface area contributed by atoms with Gasteiger partial charge < -0.3 is 9.64 Å². The summed E-state index contributed by atoms with van der Waals surface area (Å²) < 4.78 is 29.4. The van der Waals surface area contributed by atoms with Crippen molar-refractivity contribution in [3.63, 3.8) is 0 Å². The predicted octanol–water partition coefficient (Wildman–Crippen LogP) is 2.10. The van der Waals surface area contributed by atoms with Gasteiger partial charge in [-0.2, -0.15) is 8.78 Å². The van der Waals surface area contributed by atoms with Crippen molar-refractivity contribution in [3.05, 3.63) is 29.8 Å². The van der Waals surface area contributed by atoms with Crippen LogP contribution in [0.4, 0.5) is 8.78 Å². The van der Waals surface area contributed by atoms with Crippen molar-refractivity contribution in [2.75, 3.05) is 20.2 Å². The molecule has 17 heavy (non-hydrogen) atoms. The Bertz CT molecular complexity index is 383. The van der Waals surface area contributed by atoms with Gasteiger partial charge in [-0.1, -0.05) is 12.1 Å². The number of aryl methyl sites for hydroxylation is 1. The number of rotatable bonds is 5. The van der Waals surface area contributed by atoms with Gasteiger partial charge in [0.15, 0.2) is 0 Å². The summed E-state index contributed by atoms with van der Waals surface area (Å²) in [5.74, 6) is -0.513. The van der Waals surface area contributed by atoms with Gasteiger partial charge in [0, 0.05) is 7.05 Å². The molecule has 0 atom stereocenters. The van der Waals surface area contributed by atoms with E-state index in [0.717, 1.165) is 10.5 Å². The first kappa shape index (κ1) is 13.4. The second-order valence-corrected chi connectivity index (χ2v) is 3.73. The van der Waals surface area contributed by atoms with Crippen LogP contribution in [0.3, 0.4) is 0 Å². The van der Waals surface area contributed by atoms with Crippen molar-refractivity contribution < 1.29 is 18.3 Å². The molecule has 0 heterocycles. The second kappa shape index (κ2) is 6.18. The molecule has 0 fully saturated rings. The van der Waals surface area contributed by atoms with Crippen LogP contribution in [0, 0.1) is 6.92 Å². The monoisotopic (exact) mass is 243 g/mol. The Morgan fingerprint density at radius 1 is 1.47 bits per heavy atom. The molecule has 1 aromatic rings. The third-order valence-electron chi connectivity index (χ3n) is 2.25. The summed E-state index contributed by atoms with van der Waals surface area (Å²) >= 11 is 0. The Kier molecular flexibility index (Phi) is 4.87. The quantitative estimate of drug-likeness (QED) is 0.792. The maximum absolute atomic E-state index is 12.0. The second-order valence-electron chi connectivity index (χ2n) is 3.73. The zero-order chi connectivity index (χ0) is 12.8. The zero-order valence-electron chi connectivity index (χ0n) is 9.82. The number of amides is 1. The number of carbonyl (C=O) groups is 1. The van der Waals surface area contributed by atoms with Crippen molar-refractivity contribution in [3.8, 4) is 5.75 Å². The molecular weight excluding hydrogens is 228 g/mol. The summed E-state index contributed by atoms with van der Waals surface area (Å²) in [7, 11) is 1.33. The molecule has 0 bridgehead atoms. The van der Waals surface area contributed by atoms with Gasteiger partial charge in [0.25, 0.3) is 5.91 Å². The summed E-state index contributed by atoms with van der Waals surface area (Å²) in [6, 6.07) is 7.40. The summed E-state index contributed by atoms with van der Waals surface area (Å²) in [5, 5.41) is 0. The number of hydrogen-bond donors (Lipinski definition) is 0. The molecule has 0 N–H and O–H groups in total. The van der Waals surface area contributed by atoms with E-state index in [2.05, 4.69) is 0 Å². The molecule has 5 heteroatoms. The predicted molar refractivity (Wildman–Crippen MR) is 60.3 cm³/mol. The number of likely N-dealkylation sites (N-methyl/N-ethyl adjacent to an activating group) is 1. The molecule has 3 nitrogen and oxygen atoms in total. The minimum absolute atomic E-state index is 0.136. The molecule has 0 aliphatic heterocycles. The van der Waals surface area contributed by atoms with E-state index in [1.807, 2.05) is 25.1 Å². The smallest absolute Gasteiger partial charge is 0.315 e. The molecule has 1 amide bonds. The highest BCUT2D eigenvalue weighted by molar-refractivity contribution is 5.78. The van der Waals surface area contributed by atoms with Gasteiger partial charge in [-0.15, -0.1) is 0 Å². The number of benzene rings is 1. The third kappa shape index (κ3) is 4.38. The molecule has 94 valence electrons. The van der Waals surface area contributed by atoms with E-state index >= 15 is 0 Å². The SMILES string of the molecule is Cc1cccc(OCCN(C)C(=O)C(F)F)c1. The number of alkyl halides is 2. The normalized spacial score (nSPS) is 10.4. The topological polar surface area (TPSA) is 29.5 Å². The minimum atomic E-state index is -2.96. The van der Waals surface area contributed by atoms with Crippen molar-refractivity contribution in [2.24, 2.45) is 0 Å². The number of halogens is 2. The first-order chi connectivity index (χ1) is 8.00. The first-order valence-corrected chi connectivity index (χ1v) is 5.23. The Balaban J connectivity index is 2.35.